The largest absolute Gasteiger partial charge is 0.480 e. The molecule has 7 heteroatoms. The molecule has 0 aliphatic heterocycles. The van der Waals surface area contributed by atoms with Crippen LogP contribution in [0.25, 0.3) is 0 Å². The summed E-state index contributed by atoms with van der Waals surface area (Å²) in [5.41, 5.74) is -1.21. The van der Waals surface area contributed by atoms with E-state index in [1.165, 1.54) is 7.05 Å². The van der Waals surface area contributed by atoms with Gasteiger partial charge in [0.1, 0.15) is 5.54 Å². The topological polar surface area (TPSA) is 108 Å². The average molecular weight is 271 g/mol. The maximum Gasteiger partial charge on any atom is 0.329 e. The molecular weight excluding hydrogens is 250 g/mol. The van der Waals surface area contributed by atoms with Crippen molar-refractivity contribution in [2.45, 2.75) is 44.1 Å². The van der Waals surface area contributed by atoms with Gasteiger partial charge in [0.05, 0.1) is 6.54 Å². The van der Waals surface area contributed by atoms with Crippen molar-refractivity contribution in [3.8, 4) is 0 Å². The van der Waals surface area contributed by atoms with Gasteiger partial charge in [0.25, 0.3) is 0 Å². The fourth-order valence-electron chi connectivity index (χ4n) is 2.23. The van der Waals surface area contributed by atoms with Gasteiger partial charge in [-0.15, -0.1) is 0 Å². The number of nitrogens with one attached hydrogen (secondary N) is 3. The van der Waals surface area contributed by atoms with Crippen LogP contribution in [0.3, 0.4) is 0 Å². The molecule has 19 heavy (non-hydrogen) atoms. The monoisotopic (exact) mass is 271 g/mol. The van der Waals surface area contributed by atoms with Crippen molar-refractivity contribution in [1.82, 2.24) is 16.0 Å². The Labute approximate surface area is 112 Å². The third-order valence-electron chi connectivity index (χ3n) is 3.41. The van der Waals surface area contributed by atoms with Crippen LogP contribution in [-0.4, -0.2) is 42.1 Å². The zero-order chi connectivity index (χ0) is 14.3. The summed E-state index contributed by atoms with van der Waals surface area (Å²) in [6.45, 7) is -0.169. The second-order valence-corrected chi connectivity index (χ2v) is 4.78. The van der Waals surface area contributed by atoms with Crippen LogP contribution in [0.2, 0.25) is 0 Å². The summed E-state index contributed by atoms with van der Waals surface area (Å²) in [4.78, 5) is 34.1. The molecule has 3 amide bonds. The van der Waals surface area contributed by atoms with Gasteiger partial charge in [0, 0.05) is 7.05 Å². The van der Waals surface area contributed by atoms with Crippen LogP contribution in [0, 0.1) is 0 Å². The number of urea groups is 1. The van der Waals surface area contributed by atoms with Crippen LogP contribution in [0.5, 0.6) is 0 Å². The number of hydrogen-bond donors (Lipinski definition) is 4. The van der Waals surface area contributed by atoms with Crippen molar-refractivity contribution in [3.63, 3.8) is 0 Å². The lowest BCUT2D eigenvalue weighted by molar-refractivity contribution is -0.145. The molecule has 0 aromatic carbocycles. The van der Waals surface area contributed by atoms with Gasteiger partial charge in [-0.3, -0.25) is 4.79 Å². The number of aliphatic carboxylic acids is 1. The van der Waals surface area contributed by atoms with Gasteiger partial charge in [0.15, 0.2) is 0 Å². The van der Waals surface area contributed by atoms with E-state index in [1.54, 1.807) is 0 Å². The van der Waals surface area contributed by atoms with E-state index in [2.05, 4.69) is 16.0 Å². The quantitative estimate of drug-likeness (QED) is 0.548. The minimum atomic E-state index is -1.21. The minimum absolute atomic E-state index is 0.169. The van der Waals surface area contributed by atoms with E-state index < -0.39 is 17.5 Å². The molecule has 0 atom stereocenters. The molecule has 1 aliphatic carbocycles. The Bertz CT molecular complexity index is 349. The molecule has 0 aromatic rings. The first kappa shape index (κ1) is 15.3. The predicted molar refractivity (Wildman–Crippen MR) is 68.7 cm³/mol. The number of rotatable bonds is 4. The smallest absolute Gasteiger partial charge is 0.329 e. The van der Waals surface area contributed by atoms with E-state index in [9.17, 15) is 19.5 Å². The molecule has 0 saturated heterocycles. The molecule has 108 valence electrons. The Balaban J connectivity index is 2.59. The summed E-state index contributed by atoms with van der Waals surface area (Å²) >= 11 is 0. The highest BCUT2D eigenvalue weighted by Crippen LogP contribution is 2.27. The molecule has 0 aromatic heterocycles. The summed E-state index contributed by atoms with van der Waals surface area (Å²) in [7, 11) is 1.46. The average Bonchev–Trinajstić information content (AvgIpc) is 2.62. The molecule has 4 N–H and O–H groups in total. The van der Waals surface area contributed by atoms with Gasteiger partial charge in [-0.25, -0.2) is 9.59 Å². The van der Waals surface area contributed by atoms with E-state index in [0.717, 1.165) is 25.7 Å². The summed E-state index contributed by atoms with van der Waals surface area (Å²) in [5.74, 6) is -1.34. The molecule has 1 rings (SSSR count). The minimum Gasteiger partial charge on any atom is -0.480 e. The van der Waals surface area contributed by atoms with E-state index in [1.807, 2.05) is 0 Å². The normalized spacial score (nSPS) is 17.9. The third kappa shape index (κ3) is 4.42. The number of carbonyl (C=O) groups is 3. The number of hydrogen-bond acceptors (Lipinski definition) is 3. The molecule has 1 saturated carbocycles. The van der Waals surface area contributed by atoms with Crippen LogP contribution in [-0.2, 0) is 9.59 Å². The third-order valence-corrected chi connectivity index (χ3v) is 3.41. The number of amides is 3. The fraction of sp³-hybridized carbons (Fsp3) is 0.750. The zero-order valence-electron chi connectivity index (χ0n) is 11.1. The molecule has 7 nitrogen and oxygen atoms in total. The first-order valence-corrected chi connectivity index (χ1v) is 6.50. The highest BCUT2D eigenvalue weighted by Gasteiger charge is 2.40. The molecule has 0 spiro atoms. The number of carboxylic acids is 1. The van der Waals surface area contributed by atoms with Gasteiger partial charge in [-0.05, 0) is 12.8 Å². The van der Waals surface area contributed by atoms with Gasteiger partial charge in [-0.2, -0.15) is 0 Å². The van der Waals surface area contributed by atoms with Crippen LogP contribution >= 0.6 is 0 Å². The summed E-state index contributed by atoms with van der Waals surface area (Å²) < 4.78 is 0. The summed E-state index contributed by atoms with van der Waals surface area (Å²) in [5, 5.41) is 16.6. The highest BCUT2D eigenvalue weighted by atomic mass is 16.4. The maximum atomic E-state index is 11.7. The Morgan fingerprint density at radius 3 is 2.16 bits per heavy atom. The van der Waals surface area contributed by atoms with E-state index in [0.29, 0.717) is 12.8 Å². The Hall–Kier alpha value is -1.79. The van der Waals surface area contributed by atoms with Gasteiger partial charge >= 0.3 is 12.0 Å². The molecule has 0 heterocycles. The summed E-state index contributed by atoms with van der Waals surface area (Å²) in [6.07, 6.45) is 4.38. The van der Waals surface area contributed by atoms with Crippen molar-refractivity contribution in [2.24, 2.45) is 0 Å². The lowest BCUT2D eigenvalue weighted by Gasteiger charge is -2.29. The lowest BCUT2D eigenvalue weighted by atomic mass is 9.90. The fourth-order valence-corrected chi connectivity index (χ4v) is 2.23. The van der Waals surface area contributed by atoms with Crippen molar-refractivity contribution in [2.75, 3.05) is 13.6 Å². The Morgan fingerprint density at radius 1 is 1.11 bits per heavy atom. The second-order valence-electron chi connectivity index (χ2n) is 4.78. The highest BCUT2D eigenvalue weighted by molar-refractivity contribution is 5.88. The molecule has 1 fully saturated rings. The Kier molecular flexibility index (Phi) is 5.59. The van der Waals surface area contributed by atoms with Gasteiger partial charge < -0.3 is 21.1 Å². The predicted octanol–water partition coefficient (Wildman–Crippen LogP) is 0.209. The summed E-state index contributed by atoms with van der Waals surface area (Å²) in [6, 6.07) is -0.618. The van der Waals surface area contributed by atoms with Crippen LogP contribution < -0.4 is 16.0 Å². The molecule has 1 aliphatic rings. The molecule has 0 radical (unpaired) electrons. The van der Waals surface area contributed by atoms with Crippen LogP contribution in [0.15, 0.2) is 0 Å². The van der Waals surface area contributed by atoms with Crippen LogP contribution in [0.4, 0.5) is 4.79 Å². The zero-order valence-corrected chi connectivity index (χ0v) is 11.1. The first-order chi connectivity index (χ1) is 9.00. The SMILES string of the molecule is CNC(=O)CNC(=O)NC1(C(=O)O)CCCCCC1. The molecule has 0 bridgehead atoms. The van der Waals surface area contributed by atoms with E-state index in [4.69, 9.17) is 0 Å². The maximum absolute atomic E-state index is 11.7. The standard InChI is InChI=1S/C12H21N3O4/c1-13-9(16)8-14-11(19)15-12(10(17)18)6-4-2-3-5-7-12/h2-8H2,1H3,(H,13,16)(H,17,18)(H2,14,15,19). The second kappa shape index (κ2) is 6.96. The first-order valence-electron chi connectivity index (χ1n) is 6.50. The van der Waals surface area contributed by atoms with Crippen molar-refractivity contribution < 1.29 is 19.5 Å². The van der Waals surface area contributed by atoms with Crippen molar-refractivity contribution >= 4 is 17.9 Å². The number of carboxylic acid groups (broad SMARTS) is 1. The Morgan fingerprint density at radius 2 is 1.68 bits per heavy atom. The van der Waals surface area contributed by atoms with Crippen molar-refractivity contribution in [1.29, 1.82) is 0 Å². The lowest BCUT2D eigenvalue weighted by Crippen LogP contribution is -2.57. The van der Waals surface area contributed by atoms with Crippen molar-refractivity contribution in [3.05, 3.63) is 0 Å². The number of likely N-dealkylation sites (N-methyl/N-ethyl adjacent to an activating group) is 1. The van der Waals surface area contributed by atoms with E-state index in [-0.39, 0.29) is 12.5 Å². The van der Waals surface area contributed by atoms with Gasteiger partial charge in [0.2, 0.25) is 5.91 Å². The number of carbonyl (C=O) groups excluding carboxylic acids is 2. The van der Waals surface area contributed by atoms with Crippen LogP contribution in [0.1, 0.15) is 38.5 Å². The molecule has 0 unspecified atom stereocenters. The molecular formula is C12H21N3O4. The van der Waals surface area contributed by atoms with Gasteiger partial charge in [-0.1, -0.05) is 25.7 Å². The van der Waals surface area contributed by atoms with E-state index >= 15 is 0 Å².